The average molecular weight is 428 g/mol. The lowest BCUT2D eigenvalue weighted by Crippen LogP contribution is -2.11. The topological polar surface area (TPSA) is 102 Å². The number of thiophene rings is 1. The smallest absolute Gasteiger partial charge is 0.288 e. The Balaban J connectivity index is 1.57. The zero-order chi connectivity index (χ0) is 20.1. The molecule has 9 heteroatoms. The van der Waals surface area contributed by atoms with Gasteiger partial charge >= 0.3 is 0 Å². The van der Waals surface area contributed by atoms with Crippen LogP contribution in [0, 0.1) is 10.1 Å². The van der Waals surface area contributed by atoms with Crippen LogP contribution >= 0.6 is 22.9 Å². The van der Waals surface area contributed by atoms with Gasteiger partial charge in [-0.1, -0.05) is 11.6 Å². The molecule has 29 heavy (non-hydrogen) atoms. The molecule has 0 saturated carbocycles. The Labute approximate surface area is 173 Å². The number of hydrogen-bond donors (Lipinski definition) is 1. The molecule has 0 unspecified atom stereocenters. The fourth-order valence-electron chi connectivity index (χ4n) is 3.71. The summed E-state index contributed by atoms with van der Waals surface area (Å²) in [7, 11) is 0. The summed E-state index contributed by atoms with van der Waals surface area (Å²) in [5, 5.41) is 11.9. The number of nitro groups is 1. The lowest BCUT2D eigenvalue weighted by atomic mass is 9.97. The third-order valence-corrected chi connectivity index (χ3v) is 6.60. The van der Waals surface area contributed by atoms with Crippen LogP contribution in [0.5, 0.6) is 0 Å². The highest BCUT2D eigenvalue weighted by Crippen LogP contribution is 2.36. The van der Waals surface area contributed by atoms with E-state index in [2.05, 4.69) is 9.97 Å². The van der Waals surface area contributed by atoms with Crippen molar-refractivity contribution in [1.29, 1.82) is 0 Å². The van der Waals surface area contributed by atoms with E-state index in [1.807, 2.05) is 0 Å². The second-order valence-electron chi connectivity index (χ2n) is 6.89. The van der Waals surface area contributed by atoms with E-state index < -0.39 is 4.92 Å². The fraction of sp³-hybridized carbons (Fsp3) is 0.200. The second-order valence-corrected chi connectivity index (χ2v) is 8.38. The number of furan rings is 1. The lowest BCUT2D eigenvalue weighted by molar-refractivity contribution is -0.384. The minimum atomic E-state index is -0.540. The molecule has 0 atom stereocenters. The van der Waals surface area contributed by atoms with Crippen LogP contribution in [0.15, 0.2) is 39.5 Å². The summed E-state index contributed by atoms with van der Waals surface area (Å²) in [5.41, 5.74) is 1.29. The van der Waals surface area contributed by atoms with Crippen molar-refractivity contribution in [3.05, 3.63) is 66.3 Å². The van der Waals surface area contributed by atoms with Gasteiger partial charge < -0.3 is 9.40 Å². The SMILES string of the molecule is O=c1[nH]c(-c2ccc(-c3ccc(Cl)c([N+](=O)[O-])c3)o2)nc2sc3c(c12)CCCC3. The van der Waals surface area contributed by atoms with E-state index in [1.165, 1.54) is 17.0 Å². The van der Waals surface area contributed by atoms with Crippen LogP contribution in [0.3, 0.4) is 0 Å². The zero-order valence-electron chi connectivity index (χ0n) is 15.0. The molecule has 0 amide bonds. The van der Waals surface area contributed by atoms with Gasteiger partial charge in [0, 0.05) is 16.5 Å². The van der Waals surface area contributed by atoms with Gasteiger partial charge in [0.2, 0.25) is 0 Å². The van der Waals surface area contributed by atoms with E-state index in [-0.39, 0.29) is 16.3 Å². The summed E-state index contributed by atoms with van der Waals surface area (Å²) in [6.07, 6.45) is 4.14. The first-order valence-corrected chi connectivity index (χ1v) is 10.3. The number of nitro benzene ring substituents is 1. The van der Waals surface area contributed by atoms with Crippen LogP contribution in [0.25, 0.3) is 33.1 Å². The molecule has 5 rings (SSSR count). The van der Waals surface area contributed by atoms with Crippen molar-refractivity contribution < 1.29 is 9.34 Å². The monoisotopic (exact) mass is 427 g/mol. The summed E-state index contributed by atoms with van der Waals surface area (Å²) in [5.74, 6) is 1.16. The highest BCUT2D eigenvalue weighted by atomic mass is 35.5. The van der Waals surface area contributed by atoms with Gasteiger partial charge in [0.05, 0.1) is 10.3 Å². The molecule has 1 N–H and O–H groups in total. The van der Waals surface area contributed by atoms with Crippen LogP contribution in [0.4, 0.5) is 5.69 Å². The zero-order valence-corrected chi connectivity index (χ0v) is 16.6. The number of aryl methyl sites for hydroxylation is 2. The van der Waals surface area contributed by atoms with Gasteiger partial charge in [-0.05, 0) is 55.5 Å². The number of H-pyrrole nitrogens is 1. The van der Waals surface area contributed by atoms with E-state index in [4.69, 9.17) is 16.0 Å². The quantitative estimate of drug-likeness (QED) is 0.350. The Morgan fingerprint density at radius 1 is 1.17 bits per heavy atom. The standard InChI is InChI=1S/C20H14ClN3O4S/c21-12-6-5-10(9-13(12)24(26)27)14-7-8-15(28-14)18-22-19(25)17-11-3-1-2-4-16(11)29-20(17)23-18/h5-9H,1-4H2,(H,22,23,25). The van der Waals surface area contributed by atoms with Gasteiger partial charge in [0.1, 0.15) is 15.6 Å². The molecule has 0 saturated heterocycles. The lowest BCUT2D eigenvalue weighted by Gasteiger charge is -2.09. The van der Waals surface area contributed by atoms with Gasteiger partial charge in [0.15, 0.2) is 11.6 Å². The van der Waals surface area contributed by atoms with Crippen molar-refractivity contribution in [2.45, 2.75) is 25.7 Å². The number of nitrogens with zero attached hydrogens (tertiary/aromatic N) is 2. The first-order valence-electron chi connectivity index (χ1n) is 9.10. The summed E-state index contributed by atoms with van der Waals surface area (Å²) in [6, 6.07) is 7.83. The Bertz CT molecular complexity index is 1340. The molecule has 146 valence electrons. The molecule has 0 spiro atoms. The maximum absolute atomic E-state index is 12.7. The van der Waals surface area contributed by atoms with Crippen molar-refractivity contribution >= 4 is 38.8 Å². The summed E-state index contributed by atoms with van der Waals surface area (Å²) >= 11 is 7.45. The van der Waals surface area contributed by atoms with E-state index in [1.54, 1.807) is 29.5 Å². The maximum Gasteiger partial charge on any atom is 0.288 e. The van der Waals surface area contributed by atoms with Crippen LogP contribution in [-0.4, -0.2) is 14.9 Å². The molecule has 1 aliphatic carbocycles. The van der Waals surface area contributed by atoms with Gasteiger partial charge in [-0.15, -0.1) is 11.3 Å². The van der Waals surface area contributed by atoms with Crippen molar-refractivity contribution in [2.75, 3.05) is 0 Å². The number of aromatic nitrogens is 2. The number of aromatic amines is 1. The number of fused-ring (bicyclic) bond motifs is 3. The highest BCUT2D eigenvalue weighted by molar-refractivity contribution is 7.18. The molecule has 3 aromatic heterocycles. The predicted molar refractivity (Wildman–Crippen MR) is 112 cm³/mol. The number of hydrogen-bond acceptors (Lipinski definition) is 6. The molecule has 3 heterocycles. The van der Waals surface area contributed by atoms with Crippen LogP contribution in [0.1, 0.15) is 23.3 Å². The molecule has 1 aliphatic rings. The molecular formula is C20H14ClN3O4S. The highest BCUT2D eigenvalue weighted by Gasteiger charge is 2.21. The van der Waals surface area contributed by atoms with Gasteiger partial charge in [-0.25, -0.2) is 4.98 Å². The molecule has 0 fully saturated rings. The van der Waals surface area contributed by atoms with E-state index in [0.29, 0.717) is 28.3 Å². The molecule has 0 bridgehead atoms. The van der Waals surface area contributed by atoms with Crippen LogP contribution < -0.4 is 5.56 Å². The first-order chi connectivity index (χ1) is 14.0. The van der Waals surface area contributed by atoms with Crippen molar-refractivity contribution in [2.24, 2.45) is 0 Å². The van der Waals surface area contributed by atoms with Crippen molar-refractivity contribution in [3.8, 4) is 22.9 Å². The fourth-order valence-corrected chi connectivity index (χ4v) is 5.16. The number of nitrogens with one attached hydrogen (secondary N) is 1. The second kappa shape index (κ2) is 6.82. The Hall–Kier alpha value is -2.97. The normalized spacial score (nSPS) is 13.6. The average Bonchev–Trinajstić information content (AvgIpc) is 3.33. The van der Waals surface area contributed by atoms with E-state index >= 15 is 0 Å². The third-order valence-electron chi connectivity index (χ3n) is 5.09. The molecule has 0 aliphatic heterocycles. The Morgan fingerprint density at radius 2 is 1.97 bits per heavy atom. The van der Waals surface area contributed by atoms with Crippen LogP contribution in [-0.2, 0) is 12.8 Å². The third kappa shape index (κ3) is 3.04. The number of rotatable bonds is 3. The summed E-state index contributed by atoms with van der Waals surface area (Å²) in [4.78, 5) is 32.7. The minimum absolute atomic E-state index is 0.0589. The Kier molecular flexibility index (Phi) is 4.25. The van der Waals surface area contributed by atoms with Gasteiger partial charge in [-0.2, -0.15) is 0 Å². The molecular weight excluding hydrogens is 414 g/mol. The largest absolute Gasteiger partial charge is 0.453 e. The molecule has 1 aromatic carbocycles. The number of benzene rings is 1. The number of halogens is 1. The summed E-state index contributed by atoms with van der Waals surface area (Å²) < 4.78 is 5.84. The maximum atomic E-state index is 12.7. The van der Waals surface area contributed by atoms with Crippen molar-refractivity contribution in [3.63, 3.8) is 0 Å². The van der Waals surface area contributed by atoms with Crippen molar-refractivity contribution in [1.82, 2.24) is 9.97 Å². The predicted octanol–water partition coefficient (Wildman–Crippen LogP) is 5.35. The van der Waals surface area contributed by atoms with Crippen LogP contribution in [0.2, 0.25) is 5.02 Å². The van der Waals surface area contributed by atoms with Gasteiger partial charge in [-0.3, -0.25) is 14.9 Å². The minimum Gasteiger partial charge on any atom is -0.453 e. The Morgan fingerprint density at radius 3 is 2.79 bits per heavy atom. The summed E-state index contributed by atoms with van der Waals surface area (Å²) in [6.45, 7) is 0. The van der Waals surface area contributed by atoms with Gasteiger partial charge in [0.25, 0.3) is 11.2 Å². The van der Waals surface area contributed by atoms with E-state index in [9.17, 15) is 14.9 Å². The molecule has 4 aromatic rings. The molecule has 0 radical (unpaired) electrons. The van der Waals surface area contributed by atoms with E-state index in [0.717, 1.165) is 36.1 Å². The molecule has 7 nitrogen and oxygen atoms in total. The first kappa shape index (κ1) is 18.1.